The first-order chi connectivity index (χ1) is 10.2. The van der Waals surface area contributed by atoms with Crippen molar-refractivity contribution < 1.29 is 19.1 Å². The van der Waals surface area contributed by atoms with Crippen LogP contribution in [0.5, 0.6) is 0 Å². The van der Waals surface area contributed by atoms with E-state index in [9.17, 15) is 14.4 Å². The summed E-state index contributed by atoms with van der Waals surface area (Å²) in [6, 6.07) is -0.540. The van der Waals surface area contributed by atoms with Crippen molar-refractivity contribution in [2.24, 2.45) is 0 Å². The van der Waals surface area contributed by atoms with Gasteiger partial charge in [-0.05, 0) is 51.5 Å². The largest absolute Gasteiger partial charge is 0.462 e. The lowest BCUT2D eigenvalue weighted by atomic mass is 10.00. The number of allylic oxidation sites excluding steroid dienone is 2. The molecular weight excluding hydrogens is 270 g/mol. The second-order valence-electron chi connectivity index (χ2n) is 5.00. The summed E-state index contributed by atoms with van der Waals surface area (Å²) >= 11 is 0. The molecule has 0 aromatic carbocycles. The third kappa shape index (κ3) is 6.88. The molecular formula is C16H23NO4. The second-order valence-corrected chi connectivity index (χ2v) is 5.00. The molecule has 1 atom stereocenters. The Morgan fingerprint density at radius 1 is 1.43 bits per heavy atom. The average molecular weight is 293 g/mol. The number of aldehydes is 1. The normalized spacial score (nSPS) is 16.1. The first-order valence-electron chi connectivity index (χ1n) is 7.42. The topological polar surface area (TPSA) is 72.5 Å². The lowest BCUT2D eigenvalue weighted by Gasteiger charge is -2.13. The Kier molecular flexibility index (Phi) is 8.09. The van der Waals surface area contributed by atoms with E-state index >= 15 is 0 Å². The molecule has 0 spiro atoms. The molecule has 0 saturated heterocycles. The zero-order valence-corrected chi connectivity index (χ0v) is 12.5. The Morgan fingerprint density at radius 3 is 2.86 bits per heavy atom. The van der Waals surface area contributed by atoms with Gasteiger partial charge in [0.2, 0.25) is 5.91 Å². The standard InChI is InChI=1S/C16H23NO4/c1-2-7-15(19)17-14(12-18)10-6-11-21-16(20)13-8-4-3-5-9-13/h2,7-8,12,14H,3-6,9-11H2,1H3,(H,17,19). The lowest BCUT2D eigenvalue weighted by Crippen LogP contribution is -2.35. The van der Waals surface area contributed by atoms with E-state index in [1.807, 2.05) is 6.08 Å². The highest BCUT2D eigenvalue weighted by molar-refractivity contribution is 5.89. The molecule has 0 saturated carbocycles. The number of nitrogens with one attached hydrogen (secondary N) is 1. The van der Waals surface area contributed by atoms with Gasteiger partial charge < -0.3 is 14.8 Å². The first kappa shape index (κ1) is 17.1. The Bertz CT molecular complexity index is 426. The molecule has 0 heterocycles. The van der Waals surface area contributed by atoms with Gasteiger partial charge in [0.25, 0.3) is 0 Å². The first-order valence-corrected chi connectivity index (χ1v) is 7.42. The summed E-state index contributed by atoms with van der Waals surface area (Å²) in [5.74, 6) is -0.547. The molecule has 21 heavy (non-hydrogen) atoms. The van der Waals surface area contributed by atoms with Gasteiger partial charge in [-0.2, -0.15) is 0 Å². The third-order valence-electron chi connectivity index (χ3n) is 3.26. The van der Waals surface area contributed by atoms with Crippen molar-refractivity contribution >= 4 is 18.2 Å². The zero-order valence-electron chi connectivity index (χ0n) is 12.5. The number of hydrogen-bond donors (Lipinski definition) is 1. The molecule has 1 amide bonds. The van der Waals surface area contributed by atoms with E-state index in [4.69, 9.17) is 4.74 Å². The van der Waals surface area contributed by atoms with E-state index < -0.39 is 6.04 Å². The predicted molar refractivity (Wildman–Crippen MR) is 79.6 cm³/mol. The van der Waals surface area contributed by atoms with E-state index in [0.717, 1.165) is 31.3 Å². The van der Waals surface area contributed by atoms with Crippen LogP contribution in [0.4, 0.5) is 0 Å². The highest BCUT2D eigenvalue weighted by Gasteiger charge is 2.14. The summed E-state index contributed by atoms with van der Waals surface area (Å²) in [6.07, 6.45) is 10.5. The number of esters is 1. The van der Waals surface area contributed by atoms with Gasteiger partial charge in [0.05, 0.1) is 12.6 Å². The van der Waals surface area contributed by atoms with Crippen molar-refractivity contribution in [1.29, 1.82) is 0 Å². The van der Waals surface area contributed by atoms with Gasteiger partial charge >= 0.3 is 5.97 Å². The van der Waals surface area contributed by atoms with Crippen LogP contribution in [-0.4, -0.2) is 30.8 Å². The van der Waals surface area contributed by atoms with E-state index in [1.54, 1.807) is 13.0 Å². The van der Waals surface area contributed by atoms with Gasteiger partial charge in [-0.25, -0.2) is 4.79 Å². The number of carbonyl (C=O) groups is 3. The molecule has 1 N–H and O–H groups in total. The monoisotopic (exact) mass is 293 g/mol. The fraction of sp³-hybridized carbons (Fsp3) is 0.562. The van der Waals surface area contributed by atoms with Gasteiger partial charge in [-0.1, -0.05) is 12.2 Å². The summed E-state index contributed by atoms with van der Waals surface area (Å²) in [7, 11) is 0. The van der Waals surface area contributed by atoms with Crippen LogP contribution < -0.4 is 5.32 Å². The number of ether oxygens (including phenoxy) is 1. The van der Waals surface area contributed by atoms with Crippen molar-refractivity contribution in [3.05, 3.63) is 23.8 Å². The Morgan fingerprint density at radius 2 is 2.24 bits per heavy atom. The smallest absolute Gasteiger partial charge is 0.333 e. The quantitative estimate of drug-likeness (QED) is 0.322. The van der Waals surface area contributed by atoms with Crippen LogP contribution in [0.15, 0.2) is 23.8 Å². The van der Waals surface area contributed by atoms with Crippen molar-refractivity contribution in [2.45, 2.75) is 51.5 Å². The molecule has 1 rings (SSSR count). The Hall–Kier alpha value is -1.91. The second kappa shape index (κ2) is 9.91. The molecule has 5 heteroatoms. The van der Waals surface area contributed by atoms with E-state index in [2.05, 4.69) is 5.32 Å². The van der Waals surface area contributed by atoms with Crippen molar-refractivity contribution in [3.8, 4) is 0 Å². The predicted octanol–water partition coefficient (Wildman–Crippen LogP) is 2.07. The molecule has 1 aliphatic carbocycles. The van der Waals surface area contributed by atoms with E-state index in [1.165, 1.54) is 6.08 Å². The molecule has 0 aliphatic heterocycles. The highest BCUT2D eigenvalue weighted by Crippen LogP contribution is 2.18. The Balaban J connectivity index is 2.22. The molecule has 0 bridgehead atoms. The number of hydrogen-bond acceptors (Lipinski definition) is 4. The SMILES string of the molecule is CC=CC(=O)NC(C=O)CCCOC(=O)C1=CCCCC1. The number of amides is 1. The Labute approximate surface area is 125 Å². The maximum Gasteiger partial charge on any atom is 0.333 e. The third-order valence-corrected chi connectivity index (χ3v) is 3.26. The minimum absolute atomic E-state index is 0.254. The summed E-state index contributed by atoms with van der Waals surface area (Å²) in [5, 5.41) is 2.57. The number of rotatable bonds is 8. The molecule has 1 aliphatic rings. The van der Waals surface area contributed by atoms with Crippen LogP contribution in [0.2, 0.25) is 0 Å². The van der Waals surface area contributed by atoms with Gasteiger partial charge in [0.15, 0.2) is 0 Å². The molecule has 0 radical (unpaired) electrons. The number of carbonyl (C=O) groups excluding carboxylic acids is 3. The van der Waals surface area contributed by atoms with Crippen LogP contribution in [0.25, 0.3) is 0 Å². The fourth-order valence-electron chi connectivity index (χ4n) is 2.14. The van der Waals surface area contributed by atoms with E-state index in [-0.39, 0.29) is 18.5 Å². The summed E-state index contributed by atoms with van der Waals surface area (Å²) < 4.78 is 5.18. The van der Waals surface area contributed by atoms with E-state index in [0.29, 0.717) is 19.1 Å². The van der Waals surface area contributed by atoms with Gasteiger partial charge in [0.1, 0.15) is 6.29 Å². The summed E-state index contributed by atoms with van der Waals surface area (Å²) in [6.45, 7) is 1.99. The lowest BCUT2D eigenvalue weighted by molar-refractivity contribution is -0.139. The van der Waals surface area contributed by atoms with Crippen molar-refractivity contribution in [3.63, 3.8) is 0 Å². The van der Waals surface area contributed by atoms with Crippen LogP contribution in [0.3, 0.4) is 0 Å². The van der Waals surface area contributed by atoms with Gasteiger partial charge in [-0.15, -0.1) is 0 Å². The summed E-state index contributed by atoms with van der Waals surface area (Å²) in [5.41, 5.74) is 0.759. The fourth-order valence-corrected chi connectivity index (χ4v) is 2.14. The molecule has 1 unspecified atom stereocenters. The highest BCUT2D eigenvalue weighted by atomic mass is 16.5. The van der Waals surface area contributed by atoms with Crippen LogP contribution in [-0.2, 0) is 19.1 Å². The van der Waals surface area contributed by atoms with Crippen LogP contribution in [0, 0.1) is 0 Å². The van der Waals surface area contributed by atoms with Crippen LogP contribution in [0.1, 0.15) is 45.4 Å². The maximum absolute atomic E-state index is 11.7. The maximum atomic E-state index is 11.7. The molecule has 5 nitrogen and oxygen atoms in total. The molecule has 116 valence electrons. The van der Waals surface area contributed by atoms with Crippen LogP contribution >= 0.6 is 0 Å². The van der Waals surface area contributed by atoms with Gasteiger partial charge in [-0.3, -0.25) is 4.79 Å². The molecule has 0 aromatic heterocycles. The summed E-state index contributed by atoms with van der Waals surface area (Å²) in [4.78, 5) is 33.9. The minimum Gasteiger partial charge on any atom is -0.462 e. The average Bonchev–Trinajstić information content (AvgIpc) is 2.51. The molecule has 0 fully saturated rings. The minimum atomic E-state index is -0.540. The van der Waals surface area contributed by atoms with Gasteiger partial charge in [0, 0.05) is 5.57 Å². The van der Waals surface area contributed by atoms with Crippen molar-refractivity contribution in [1.82, 2.24) is 5.32 Å². The zero-order chi connectivity index (χ0) is 15.5. The molecule has 0 aromatic rings. The van der Waals surface area contributed by atoms with Crippen molar-refractivity contribution in [2.75, 3.05) is 6.61 Å².